The summed E-state index contributed by atoms with van der Waals surface area (Å²) >= 11 is 0. The zero-order valence-corrected chi connectivity index (χ0v) is 8.61. The van der Waals surface area contributed by atoms with Crippen molar-refractivity contribution in [3.05, 3.63) is 35.4 Å². The lowest BCUT2D eigenvalue weighted by Gasteiger charge is -2.37. The van der Waals surface area contributed by atoms with Crippen molar-refractivity contribution in [1.29, 1.82) is 0 Å². The van der Waals surface area contributed by atoms with Crippen molar-refractivity contribution < 1.29 is 5.11 Å². The number of nitrogens with zero attached hydrogens (tertiary/aromatic N) is 1. The molecule has 2 heteroatoms. The van der Waals surface area contributed by atoms with Gasteiger partial charge in [0.2, 0.25) is 0 Å². The number of likely N-dealkylation sites (tertiary alicyclic amines) is 1. The third-order valence-corrected chi connectivity index (χ3v) is 2.72. The molecule has 0 amide bonds. The van der Waals surface area contributed by atoms with E-state index in [1.807, 2.05) is 12.1 Å². The van der Waals surface area contributed by atoms with Crippen LogP contribution in [0, 0.1) is 5.92 Å². The van der Waals surface area contributed by atoms with Gasteiger partial charge in [0.15, 0.2) is 0 Å². The Morgan fingerprint density at radius 1 is 1.36 bits per heavy atom. The summed E-state index contributed by atoms with van der Waals surface area (Å²) in [6.07, 6.45) is 0. The summed E-state index contributed by atoms with van der Waals surface area (Å²) < 4.78 is 0. The Labute approximate surface area is 85.2 Å². The van der Waals surface area contributed by atoms with E-state index in [1.165, 1.54) is 18.7 Å². The predicted octanol–water partition coefficient (Wildman–Crippen LogP) is 1.63. The normalized spacial score (nSPS) is 18.1. The molecule has 14 heavy (non-hydrogen) atoms. The van der Waals surface area contributed by atoms with E-state index in [0.717, 1.165) is 18.0 Å². The molecule has 1 saturated heterocycles. The number of hydrogen-bond donors (Lipinski definition) is 1. The molecular formula is C12H17NO. The summed E-state index contributed by atoms with van der Waals surface area (Å²) in [5.41, 5.74) is 2.32. The average Bonchev–Trinajstić information content (AvgIpc) is 2.16. The van der Waals surface area contributed by atoms with Crippen molar-refractivity contribution in [2.24, 2.45) is 5.92 Å². The molecule has 0 bridgehead atoms. The molecule has 0 unspecified atom stereocenters. The van der Waals surface area contributed by atoms with Crippen molar-refractivity contribution in [2.75, 3.05) is 13.1 Å². The molecular weight excluding hydrogens is 174 g/mol. The van der Waals surface area contributed by atoms with Gasteiger partial charge in [0.05, 0.1) is 6.61 Å². The fraction of sp³-hybridized carbons (Fsp3) is 0.500. The summed E-state index contributed by atoms with van der Waals surface area (Å²) in [4.78, 5) is 2.43. The molecule has 1 aromatic rings. The average molecular weight is 191 g/mol. The van der Waals surface area contributed by atoms with Crippen LogP contribution in [-0.4, -0.2) is 23.1 Å². The lowest BCUT2D eigenvalue weighted by molar-refractivity contribution is 0.105. The van der Waals surface area contributed by atoms with E-state index >= 15 is 0 Å². The lowest BCUT2D eigenvalue weighted by atomic mass is 10.0. The topological polar surface area (TPSA) is 23.5 Å². The van der Waals surface area contributed by atoms with Gasteiger partial charge in [-0.25, -0.2) is 0 Å². The van der Waals surface area contributed by atoms with Gasteiger partial charge in [-0.15, -0.1) is 0 Å². The maximum atomic E-state index is 9.00. The maximum absolute atomic E-state index is 9.00. The summed E-state index contributed by atoms with van der Waals surface area (Å²) in [5, 5.41) is 9.00. The third kappa shape index (κ3) is 2.14. The standard InChI is InChI=1S/C12H17NO/c1-10-6-13(7-10)8-11-3-2-4-12(5-11)9-14/h2-5,10,14H,6-9H2,1H3. The van der Waals surface area contributed by atoms with Crippen molar-refractivity contribution in [2.45, 2.75) is 20.1 Å². The first-order valence-electron chi connectivity index (χ1n) is 5.19. The Morgan fingerprint density at radius 2 is 2.07 bits per heavy atom. The van der Waals surface area contributed by atoms with Crippen LogP contribution in [0.1, 0.15) is 18.1 Å². The van der Waals surface area contributed by atoms with Crippen LogP contribution in [0.25, 0.3) is 0 Å². The molecule has 2 rings (SSSR count). The Morgan fingerprint density at radius 3 is 2.71 bits per heavy atom. The van der Waals surface area contributed by atoms with Crippen LogP contribution < -0.4 is 0 Å². The fourth-order valence-corrected chi connectivity index (χ4v) is 2.04. The molecule has 2 nitrogen and oxygen atoms in total. The van der Waals surface area contributed by atoms with Crippen molar-refractivity contribution in [3.8, 4) is 0 Å². The molecule has 0 spiro atoms. The van der Waals surface area contributed by atoms with E-state index in [4.69, 9.17) is 5.11 Å². The highest BCUT2D eigenvalue weighted by Gasteiger charge is 2.21. The number of rotatable bonds is 3. The van der Waals surface area contributed by atoms with Crippen LogP contribution >= 0.6 is 0 Å². The largest absolute Gasteiger partial charge is 0.392 e. The highest BCUT2D eigenvalue weighted by atomic mass is 16.3. The number of aliphatic hydroxyl groups excluding tert-OH is 1. The first-order valence-corrected chi connectivity index (χ1v) is 5.19. The molecule has 1 N–H and O–H groups in total. The molecule has 1 aliphatic heterocycles. The zero-order chi connectivity index (χ0) is 9.97. The predicted molar refractivity (Wildman–Crippen MR) is 56.8 cm³/mol. The van der Waals surface area contributed by atoms with Crippen LogP contribution in [0.3, 0.4) is 0 Å². The van der Waals surface area contributed by atoms with E-state index in [2.05, 4.69) is 24.0 Å². The SMILES string of the molecule is CC1CN(Cc2cccc(CO)c2)C1. The van der Waals surface area contributed by atoms with Crippen molar-refractivity contribution >= 4 is 0 Å². The van der Waals surface area contributed by atoms with Crippen LogP contribution in [0.2, 0.25) is 0 Å². The minimum Gasteiger partial charge on any atom is -0.392 e. The van der Waals surface area contributed by atoms with Gasteiger partial charge in [0.1, 0.15) is 0 Å². The molecule has 1 aliphatic rings. The van der Waals surface area contributed by atoms with Gasteiger partial charge in [-0.3, -0.25) is 4.90 Å². The van der Waals surface area contributed by atoms with E-state index < -0.39 is 0 Å². The van der Waals surface area contributed by atoms with Crippen LogP contribution in [-0.2, 0) is 13.2 Å². The minimum atomic E-state index is 0.143. The summed E-state index contributed by atoms with van der Waals surface area (Å²) in [5.74, 6) is 0.857. The van der Waals surface area contributed by atoms with E-state index in [1.54, 1.807) is 0 Å². The number of aliphatic hydroxyl groups is 1. The van der Waals surface area contributed by atoms with Gasteiger partial charge < -0.3 is 5.11 Å². The molecule has 0 saturated carbocycles. The van der Waals surface area contributed by atoms with E-state index in [9.17, 15) is 0 Å². The second-order valence-corrected chi connectivity index (χ2v) is 4.28. The van der Waals surface area contributed by atoms with Crippen molar-refractivity contribution in [3.63, 3.8) is 0 Å². The minimum absolute atomic E-state index is 0.143. The molecule has 0 radical (unpaired) electrons. The monoisotopic (exact) mass is 191 g/mol. The Bertz CT molecular complexity index is 305. The van der Waals surface area contributed by atoms with E-state index in [0.29, 0.717) is 0 Å². The molecule has 0 atom stereocenters. The maximum Gasteiger partial charge on any atom is 0.0681 e. The molecule has 0 aliphatic carbocycles. The third-order valence-electron chi connectivity index (χ3n) is 2.72. The quantitative estimate of drug-likeness (QED) is 0.785. The second-order valence-electron chi connectivity index (χ2n) is 4.28. The van der Waals surface area contributed by atoms with Crippen molar-refractivity contribution in [1.82, 2.24) is 4.90 Å². The Kier molecular flexibility index (Phi) is 2.85. The summed E-state index contributed by atoms with van der Waals surface area (Å²) in [6, 6.07) is 8.19. The molecule has 0 aromatic heterocycles. The highest BCUT2D eigenvalue weighted by Crippen LogP contribution is 2.18. The van der Waals surface area contributed by atoms with Gasteiger partial charge in [0, 0.05) is 19.6 Å². The zero-order valence-electron chi connectivity index (χ0n) is 8.61. The molecule has 1 heterocycles. The summed E-state index contributed by atoms with van der Waals surface area (Å²) in [6.45, 7) is 5.87. The molecule has 1 aromatic carbocycles. The molecule has 1 fully saturated rings. The first kappa shape index (κ1) is 9.69. The fourth-order valence-electron chi connectivity index (χ4n) is 2.04. The van der Waals surface area contributed by atoms with Gasteiger partial charge in [-0.2, -0.15) is 0 Å². The first-order chi connectivity index (χ1) is 6.78. The second kappa shape index (κ2) is 4.11. The van der Waals surface area contributed by atoms with Gasteiger partial charge in [-0.05, 0) is 17.0 Å². The van der Waals surface area contributed by atoms with Crippen LogP contribution in [0.5, 0.6) is 0 Å². The smallest absolute Gasteiger partial charge is 0.0681 e. The lowest BCUT2D eigenvalue weighted by Crippen LogP contribution is -2.44. The van der Waals surface area contributed by atoms with Gasteiger partial charge in [-0.1, -0.05) is 31.2 Å². The molecule has 76 valence electrons. The Hall–Kier alpha value is -0.860. The highest BCUT2D eigenvalue weighted by molar-refractivity contribution is 5.23. The van der Waals surface area contributed by atoms with E-state index in [-0.39, 0.29) is 6.61 Å². The van der Waals surface area contributed by atoms with Gasteiger partial charge in [0.25, 0.3) is 0 Å². The number of hydrogen-bond acceptors (Lipinski definition) is 2. The Balaban J connectivity index is 1.95. The van der Waals surface area contributed by atoms with Crippen LogP contribution in [0.15, 0.2) is 24.3 Å². The van der Waals surface area contributed by atoms with Gasteiger partial charge >= 0.3 is 0 Å². The van der Waals surface area contributed by atoms with Crippen LogP contribution in [0.4, 0.5) is 0 Å². The summed E-state index contributed by atoms with van der Waals surface area (Å²) in [7, 11) is 0. The number of benzene rings is 1.